The van der Waals surface area contributed by atoms with Gasteiger partial charge in [0.1, 0.15) is 0 Å². The molecule has 0 aromatic heterocycles. The van der Waals surface area contributed by atoms with Crippen LogP contribution in [-0.2, 0) is 4.79 Å². The van der Waals surface area contributed by atoms with Gasteiger partial charge in [-0.15, -0.1) is 0 Å². The summed E-state index contributed by atoms with van der Waals surface area (Å²) in [7, 11) is 0. The Balaban J connectivity index is 2.21. The number of hydrogen-bond donors (Lipinski definition) is 0. The number of hydrogen-bond acceptors (Lipinski definition) is 2. The van der Waals surface area contributed by atoms with Crippen LogP contribution in [0.15, 0.2) is 36.5 Å². The molecule has 0 unspecified atom stereocenters. The predicted octanol–water partition coefficient (Wildman–Crippen LogP) is 2.92. The Morgan fingerprint density at radius 1 is 1.24 bits per heavy atom. The van der Waals surface area contributed by atoms with Crippen molar-refractivity contribution in [2.75, 3.05) is 4.90 Å². The minimum absolute atomic E-state index is 0.416. The van der Waals surface area contributed by atoms with Crippen LogP contribution in [0.2, 0.25) is 0 Å². The number of carbonyl (C=O) groups excluding carboxylic acids is 2. The van der Waals surface area contributed by atoms with Crippen LogP contribution in [-0.4, -0.2) is 11.7 Å². The number of unbranched alkanes of at least 4 members (excludes halogenated alkanes) is 2. The number of nitrogens with zero attached hydrogens (tertiary/aromatic N) is 1. The van der Waals surface area contributed by atoms with E-state index in [9.17, 15) is 9.59 Å². The fourth-order valence-corrected chi connectivity index (χ4v) is 1.86. The number of ketones is 1. The molecule has 0 saturated carbocycles. The number of allylic oxidation sites excluding steroid dienone is 1. The number of para-hydroxylation sites is 1. The fourth-order valence-electron chi connectivity index (χ4n) is 1.86. The minimum Gasteiger partial charge on any atom is -0.283 e. The molecule has 0 N–H and O–H groups in total. The highest BCUT2D eigenvalue weighted by Gasteiger charge is 2.33. The summed E-state index contributed by atoms with van der Waals surface area (Å²) in [5, 5.41) is 0. The number of benzene rings is 1. The average Bonchev–Trinajstić information content (AvgIpc) is 2.60. The van der Waals surface area contributed by atoms with Gasteiger partial charge in [0.15, 0.2) is 0 Å². The van der Waals surface area contributed by atoms with Gasteiger partial charge in [-0.3, -0.25) is 14.5 Å². The first-order valence-electron chi connectivity index (χ1n) is 5.89. The van der Waals surface area contributed by atoms with Gasteiger partial charge < -0.3 is 0 Å². The summed E-state index contributed by atoms with van der Waals surface area (Å²) in [5.74, 6) is -0.875. The Labute approximate surface area is 101 Å². The molecule has 1 aliphatic rings. The van der Waals surface area contributed by atoms with E-state index in [2.05, 4.69) is 6.92 Å². The Bertz CT molecular complexity index is 477. The second-order valence-corrected chi connectivity index (χ2v) is 4.05. The lowest BCUT2D eigenvalue weighted by Gasteiger charge is -2.09. The summed E-state index contributed by atoms with van der Waals surface area (Å²) in [6.45, 7) is 2.12. The van der Waals surface area contributed by atoms with Crippen molar-refractivity contribution in [3.8, 4) is 0 Å². The summed E-state index contributed by atoms with van der Waals surface area (Å²) in [6.07, 6.45) is 6.79. The number of rotatable bonds is 4. The number of anilines is 1. The molecule has 1 amide bonds. The highest BCUT2D eigenvalue weighted by Crippen LogP contribution is 2.28. The van der Waals surface area contributed by atoms with Gasteiger partial charge in [-0.05, 0) is 18.6 Å². The molecule has 0 spiro atoms. The van der Waals surface area contributed by atoms with Crippen LogP contribution in [0.4, 0.5) is 5.69 Å². The highest BCUT2D eigenvalue weighted by molar-refractivity contribution is 6.52. The number of amides is 1. The summed E-state index contributed by atoms with van der Waals surface area (Å²) in [5.41, 5.74) is 1.19. The number of Topliss-reactive ketones (excluding diaryl/α,β-unsaturated/α-hetero) is 1. The summed E-state index contributed by atoms with van der Waals surface area (Å²) in [6, 6.07) is 7.09. The van der Waals surface area contributed by atoms with Crippen LogP contribution in [0.5, 0.6) is 0 Å². The second kappa shape index (κ2) is 4.95. The van der Waals surface area contributed by atoms with Gasteiger partial charge in [0.25, 0.3) is 5.78 Å². The van der Waals surface area contributed by atoms with Crippen molar-refractivity contribution in [2.24, 2.45) is 0 Å². The third-order valence-corrected chi connectivity index (χ3v) is 2.80. The van der Waals surface area contributed by atoms with Crippen LogP contribution < -0.4 is 4.90 Å². The van der Waals surface area contributed by atoms with E-state index in [0.29, 0.717) is 11.3 Å². The first kappa shape index (κ1) is 11.6. The van der Waals surface area contributed by atoms with Gasteiger partial charge >= 0.3 is 5.91 Å². The number of carbonyl (C=O) groups is 2. The average molecular weight is 229 g/mol. The quantitative estimate of drug-likeness (QED) is 0.588. The van der Waals surface area contributed by atoms with Crippen molar-refractivity contribution in [1.82, 2.24) is 0 Å². The van der Waals surface area contributed by atoms with Crippen LogP contribution in [0.25, 0.3) is 0 Å². The molecule has 0 saturated heterocycles. The Kier molecular flexibility index (Phi) is 3.38. The van der Waals surface area contributed by atoms with E-state index in [1.54, 1.807) is 24.4 Å². The van der Waals surface area contributed by atoms with E-state index in [1.165, 1.54) is 4.90 Å². The molecule has 2 rings (SSSR count). The highest BCUT2D eigenvalue weighted by atomic mass is 16.2. The maximum absolute atomic E-state index is 11.8. The summed E-state index contributed by atoms with van der Waals surface area (Å²) >= 11 is 0. The van der Waals surface area contributed by atoms with Gasteiger partial charge in [-0.2, -0.15) is 0 Å². The third kappa shape index (κ3) is 2.13. The topological polar surface area (TPSA) is 37.4 Å². The maximum atomic E-state index is 11.8. The molecule has 0 atom stereocenters. The van der Waals surface area contributed by atoms with E-state index in [1.807, 2.05) is 12.1 Å². The van der Waals surface area contributed by atoms with E-state index in [4.69, 9.17) is 0 Å². The van der Waals surface area contributed by atoms with Gasteiger partial charge in [0.2, 0.25) is 0 Å². The lowest BCUT2D eigenvalue weighted by molar-refractivity contribution is -0.113. The first-order chi connectivity index (χ1) is 8.25. The summed E-state index contributed by atoms with van der Waals surface area (Å²) < 4.78 is 0. The van der Waals surface area contributed by atoms with E-state index >= 15 is 0 Å². The maximum Gasteiger partial charge on any atom is 0.303 e. The van der Waals surface area contributed by atoms with Crippen molar-refractivity contribution < 1.29 is 9.59 Å². The lowest BCUT2D eigenvalue weighted by atomic mass is 10.1. The molecule has 88 valence electrons. The molecular formula is C14H15NO2. The van der Waals surface area contributed by atoms with Crippen LogP contribution in [0, 0.1) is 0 Å². The SMILES string of the molecule is CCCC/C=C/N1C(=O)C(=O)c2ccccc21. The molecule has 1 aliphatic heterocycles. The molecule has 17 heavy (non-hydrogen) atoms. The number of fused-ring (bicyclic) bond motifs is 1. The van der Waals surface area contributed by atoms with Gasteiger partial charge in [0, 0.05) is 6.20 Å². The smallest absolute Gasteiger partial charge is 0.283 e. The Hall–Kier alpha value is -1.90. The molecule has 0 fully saturated rings. The normalized spacial score (nSPS) is 14.8. The largest absolute Gasteiger partial charge is 0.303 e. The van der Waals surface area contributed by atoms with Crippen molar-refractivity contribution in [1.29, 1.82) is 0 Å². The van der Waals surface area contributed by atoms with Gasteiger partial charge in [0.05, 0.1) is 11.3 Å². The predicted molar refractivity (Wildman–Crippen MR) is 66.9 cm³/mol. The van der Waals surface area contributed by atoms with Crippen LogP contribution >= 0.6 is 0 Å². The van der Waals surface area contributed by atoms with Crippen molar-refractivity contribution in [2.45, 2.75) is 26.2 Å². The third-order valence-electron chi connectivity index (χ3n) is 2.80. The zero-order valence-corrected chi connectivity index (χ0v) is 9.85. The van der Waals surface area contributed by atoms with Gasteiger partial charge in [-0.1, -0.05) is 38.0 Å². The van der Waals surface area contributed by atoms with E-state index in [-0.39, 0.29) is 0 Å². The lowest BCUT2D eigenvalue weighted by Crippen LogP contribution is -2.24. The molecule has 1 heterocycles. The Morgan fingerprint density at radius 2 is 2.00 bits per heavy atom. The molecular weight excluding hydrogens is 214 g/mol. The van der Waals surface area contributed by atoms with Gasteiger partial charge in [-0.25, -0.2) is 0 Å². The standard InChI is InChI=1S/C14H15NO2/c1-2-3-4-7-10-15-12-9-6-5-8-11(12)13(16)14(15)17/h5-10H,2-4H2,1H3/b10-7+. The fraction of sp³-hybridized carbons (Fsp3) is 0.286. The molecule has 1 aromatic carbocycles. The molecule has 3 heteroatoms. The van der Waals surface area contributed by atoms with E-state index in [0.717, 1.165) is 19.3 Å². The Morgan fingerprint density at radius 3 is 2.76 bits per heavy atom. The van der Waals surface area contributed by atoms with E-state index < -0.39 is 11.7 Å². The molecule has 1 aromatic rings. The zero-order valence-electron chi connectivity index (χ0n) is 9.85. The monoisotopic (exact) mass is 229 g/mol. The first-order valence-corrected chi connectivity index (χ1v) is 5.89. The van der Waals surface area contributed by atoms with Crippen molar-refractivity contribution >= 4 is 17.4 Å². The molecule has 3 nitrogen and oxygen atoms in total. The summed E-state index contributed by atoms with van der Waals surface area (Å²) in [4.78, 5) is 24.9. The molecule has 0 aliphatic carbocycles. The van der Waals surface area contributed by atoms with Crippen molar-refractivity contribution in [3.05, 3.63) is 42.1 Å². The minimum atomic E-state index is -0.459. The second-order valence-electron chi connectivity index (χ2n) is 4.05. The van der Waals surface area contributed by atoms with Crippen LogP contribution in [0.1, 0.15) is 36.5 Å². The molecule has 0 bridgehead atoms. The van der Waals surface area contributed by atoms with Crippen molar-refractivity contribution in [3.63, 3.8) is 0 Å². The molecule has 0 radical (unpaired) electrons. The zero-order chi connectivity index (χ0) is 12.3. The van der Waals surface area contributed by atoms with Crippen LogP contribution in [0.3, 0.4) is 0 Å².